The molecule has 150 heavy (non-hydrogen) atoms. The number of aliphatic carboxylic acids is 3. The molecule has 63 heteroatoms. The third kappa shape index (κ3) is 48.1. The van der Waals surface area contributed by atoms with Gasteiger partial charge in [-0.05, 0) is 133 Å². The van der Waals surface area contributed by atoms with Gasteiger partial charge in [0, 0.05) is 83.7 Å². The number of aromatic hydroxyl groups is 1. The Morgan fingerprint density at radius 3 is 1.18 bits per heavy atom. The normalized spacial score (nSPS) is 15.2. The highest BCUT2D eigenvalue weighted by molar-refractivity contribution is 7.98. The summed E-state index contributed by atoms with van der Waals surface area (Å²) in [5, 5.41) is 98.7. The molecule has 14 atom stereocenters. The third-order valence-electron chi connectivity index (χ3n) is 22.7. The molecule has 0 saturated carbocycles. The van der Waals surface area contributed by atoms with E-state index in [1.165, 1.54) is 48.6 Å². The molecule has 0 radical (unpaired) electrons. The number of phenolic OH excluding ortho intramolecular Hbond substituents is 1. The van der Waals surface area contributed by atoms with Gasteiger partial charge in [-0.25, -0.2) is 4.98 Å². The Kier molecular flexibility index (Phi) is 55.0. The van der Waals surface area contributed by atoms with Crippen molar-refractivity contribution in [3.05, 3.63) is 48.0 Å². The van der Waals surface area contributed by atoms with Crippen LogP contribution < -0.4 is 141 Å². The number of thioether (sulfide) groups is 1. The van der Waals surface area contributed by atoms with Crippen molar-refractivity contribution in [1.29, 1.82) is 10.8 Å². The van der Waals surface area contributed by atoms with Gasteiger partial charge in [-0.1, -0.05) is 12.1 Å². The highest BCUT2D eigenvalue weighted by Gasteiger charge is 2.46. The van der Waals surface area contributed by atoms with Crippen molar-refractivity contribution in [2.45, 2.75) is 239 Å². The number of phenols is 1. The van der Waals surface area contributed by atoms with E-state index in [9.17, 15) is 140 Å². The zero-order valence-electron chi connectivity index (χ0n) is 82.3. The summed E-state index contributed by atoms with van der Waals surface area (Å²) in [5.74, 6) is -29.4. The maximum absolute atomic E-state index is 14.9. The van der Waals surface area contributed by atoms with Crippen LogP contribution in [0.2, 0.25) is 0 Å². The van der Waals surface area contributed by atoms with E-state index in [4.69, 9.17) is 56.1 Å². The number of nitrogens with zero attached hydrogens (tertiary/aromatic N) is 3. The summed E-state index contributed by atoms with van der Waals surface area (Å²) < 4.78 is 0. The molecule has 0 aliphatic carbocycles. The van der Waals surface area contributed by atoms with Crippen LogP contribution in [-0.2, 0) is 137 Å². The summed E-state index contributed by atoms with van der Waals surface area (Å²) in [7, 11) is 0. The van der Waals surface area contributed by atoms with E-state index in [0.29, 0.717) is 5.56 Å². The first-order chi connectivity index (χ1) is 70.9. The zero-order chi connectivity index (χ0) is 112. The van der Waals surface area contributed by atoms with Crippen LogP contribution in [0.3, 0.4) is 0 Å². The number of aromatic nitrogens is 2. The highest BCUT2D eigenvalue weighted by atomic mass is 32.2. The molecule has 40 N–H and O–H groups in total. The molecule has 4 rings (SSSR count). The lowest BCUT2D eigenvalue weighted by atomic mass is 10.0. The van der Waals surface area contributed by atoms with Crippen molar-refractivity contribution in [2.75, 3.05) is 77.5 Å². The van der Waals surface area contributed by atoms with E-state index in [1.54, 1.807) is 6.26 Å². The summed E-state index contributed by atoms with van der Waals surface area (Å²) >= 11 is 1.19. The third-order valence-corrected chi connectivity index (χ3v) is 23.3. The smallest absolute Gasteiger partial charge is 0.322 e. The Balaban J connectivity index is 1.61. The van der Waals surface area contributed by atoms with Crippen molar-refractivity contribution in [1.82, 2.24) is 121 Å². The van der Waals surface area contributed by atoms with Crippen molar-refractivity contribution >= 4 is 177 Å². The van der Waals surface area contributed by atoms with E-state index in [1.807, 2.05) is 5.32 Å². The number of carbonyl (C=O) groups is 26. The molecular formula is C87H134N32O30S. The predicted molar refractivity (Wildman–Crippen MR) is 523 cm³/mol. The molecule has 2 saturated heterocycles. The molecule has 2 fully saturated rings. The number of rotatable bonds is 70. The van der Waals surface area contributed by atoms with E-state index >= 15 is 0 Å². The van der Waals surface area contributed by atoms with Crippen LogP contribution >= 0.6 is 11.8 Å². The fourth-order valence-corrected chi connectivity index (χ4v) is 15.4. The standard InChI is InChI=1S/C87H134N32O30S/c1-43(72(136)108-54(27-32-150-2)81(145)110-48(8-4-29-99-87(95)96)75(139)111-50(15-21-60(89)121)77(141)113-52(17-23-62(91)123)80(144)117-57(34-45-36-97-42-105-45)82(146)116-56(33-44-11-13-46(120)14-12-44)73(137)104-39-67(128)101-38-66(127)103-41-71(134)135)106-74(138)47(7-3-28-98-86(93)94)109-78(142)53(20-26-70(132)133)114-83(147)58-9-5-30-118(58)85(149)59-10-6-31-119(59)84(148)55(18-24-63(92)124)115-79(143)51(16-22-61(90)122)112-76(140)49(19-25-69(130)131)107-68(129)40-102-65(126)37-100-64(125)35-88/h11-14,36,42-43,47-59,120H,3-10,15-35,37-41,88H2,1-2H3,(H2,89,121)(H2,90,122)(H2,91,123)(H2,92,124)(H,97,105)(H,100,125)(H,101,128)(H,102,126)(H,103,127)(H,104,137)(H,106,138)(H,107,129)(H,108,136)(H,109,142)(H,110,145)(H,111,139)(H,112,140)(H,113,141)(H,114,147)(H,115,143)(H,116,146)(H,117,144)(H,130,131)(H,132,133)(H,134,135)(H4,93,94,98)(H4,95,96,99)/t43-,47-,48-,49-,50-,51-,52-,53-,54-,55-,56-,57-,58-,59-/m0/s1. The highest BCUT2D eigenvalue weighted by Crippen LogP contribution is 2.27. The molecule has 0 unspecified atom stereocenters. The van der Waals surface area contributed by atoms with Gasteiger partial charge in [0.05, 0.1) is 44.7 Å². The maximum atomic E-state index is 14.9. The monoisotopic (exact) mass is 2140 g/mol. The first-order valence-electron chi connectivity index (χ1n) is 47.4. The van der Waals surface area contributed by atoms with Gasteiger partial charge in [-0.3, -0.25) is 135 Å². The first kappa shape index (κ1) is 126. The van der Waals surface area contributed by atoms with Gasteiger partial charge in [-0.15, -0.1) is 0 Å². The van der Waals surface area contributed by atoms with Crippen molar-refractivity contribution in [3.8, 4) is 5.75 Å². The molecule has 2 aromatic rings. The van der Waals surface area contributed by atoms with Crippen LogP contribution in [-0.4, -0.2) is 368 Å². The Hall–Kier alpha value is -16.7. The number of hydrogen-bond donors (Lipinski definition) is 33. The lowest BCUT2D eigenvalue weighted by Gasteiger charge is -2.33. The lowest BCUT2D eigenvalue weighted by Crippen LogP contribution is -2.61. The number of aromatic amines is 1. The molecular weight excluding hydrogens is 2010 g/mol. The summed E-state index contributed by atoms with van der Waals surface area (Å²) in [4.78, 5) is 358. The number of carboxylic acid groups (broad SMARTS) is 3. The fourth-order valence-electron chi connectivity index (χ4n) is 14.9. The minimum absolute atomic E-state index is 0.0665. The van der Waals surface area contributed by atoms with Crippen molar-refractivity contribution in [2.24, 2.45) is 40.1 Å². The number of benzene rings is 1. The van der Waals surface area contributed by atoms with Gasteiger partial charge < -0.3 is 176 Å². The molecule has 3 heterocycles. The van der Waals surface area contributed by atoms with Crippen LogP contribution in [0.5, 0.6) is 5.75 Å². The van der Waals surface area contributed by atoms with E-state index in [2.05, 4.69) is 106 Å². The SMILES string of the molecule is CSCC[C@H](NC(=O)[C@H](C)NC(=O)[C@H](CCCNC(=N)N)NC(=O)[C@H](CCC(=O)O)NC(=O)[C@@H]1CCCN1C(=O)[C@@H]1CCCN1C(=O)[C@H](CCC(N)=O)NC(=O)[C@H](CCC(N)=O)NC(=O)[C@H](CCC(=O)O)NC(=O)CNC(=O)CNC(=O)CN)C(=O)N[C@@H](CCCNC(=N)N)C(=O)N[C@@H](CCC(N)=O)C(=O)N[C@@H](CCC(N)=O)C(=O)N[C@@H](Cc1c[nH]cn1)C(=O)N[C@@H](Cc1ccc(O)cc1)C(=O)NCC(=O)NCC(=O)NCC(=O)O. The topological polar surface area (TPSA) is 1020 Å². The van der Waals surface area contributed by atoms with Gasteiger partial charge in [0.1, 0.15) is 96.9 Å². The minimum atomic E-state index is -1.87. The van der Waals surface area contributed by atoms with Crippen LogP contribution in [0, 0.1) is 10.8 Å². The Labute approximate surface area is 861 Å². The largest absolute Gasteiger partial charge is 0.508 e. The quantitative estimate of drug-likeness (QED) is 0.0166. The van der Waals surface area contributed by atoms with Gasteiger partial charge in [-0.2, -0.15) is 11.8 Å². The zero-order valence-corrected chi connectivity index (χ0v) is 83.1. The average molecular weight is 2140 g/mol. The second-order valence-corrected chi connectivity index (χ2v) is 35.5. The molecule has 1 aromatic carbocycles. The average Bonchev–Trinajstić information content (AvgIpc) is 1.64. The second-order valence-electron chi connectivity index (χ2n) is 34.5. The molecule has 23 amide bonds. The summed E-state index contributed by atoms with van der Waals surface area (Å²) in [5.41, 5.74) is 38.7. The maximum Gasteiger partial charge on any atom is 0.322 e. The summed E-state index contributed by atoms with van der Waals surface area (Å²) in [6.07, 6.45) is -5.30. The number of hydrogen-bond acceptors (Lipinski definition) is 32. The minimum Gasteiger partial charge on any atom is -0.508 e. The number of H-pyrrole nitrogens is 1. The Morgan fingerprint density at radius 1 is 0.393 bits per heavy atom. The second kappa shape index (κ2) is 65.7. The van der Waals surface area contributed by atoms with E-state index < -0.39 is 373 Å². The first-order valence-corrected chi connectivity index (χ1v) is 48.8. The van der Waals surface area contributed by atoms with Crippen LogP contribution in [0.15, 0.2) is 36.8 Å². The van der Waals surface area contributed by atoms with Gasteiger partial charge >= 0.3 is 17.9 Å². The van der Waals surface area contributed by atoms with Crippen molar-refractivity contribution in [3.63, 3.8) is 0 Å². The fraction of sp³-hybridized carbons (Fsp3) is 0.575. The number of amides is 23. The van der Waals surface area contributed by atoms with Crippen LogP contribution in [0.1, 0.15) is 153 Å². The Bertz CT molecular complexity index is 5140. The molecule has 0 spiro atoms. The van der Waals surface area contributed by atoms with E-state index in [-0.39, 0.29) is 108 Å². The van der Waals surface area contributed by atoms with Gasteiger partial charge in [0.2, 0.25) is 136 Å². The molecule has 2 aliphatic rings. The number of guanidine groups is 2. The summed E-state index contributed by atoms with van der Waals surface area (Å²) in [6.45, 7) is -3.54. The number of likely N-dealkylation sites (tertiary alicyclic amines) is 2. The van der Waals surface area contributed by atoms with Gasteiger partial charge in [0.15, 0.2) is 11.9 Å². The van der Waals surface area contributed by atoms with E-state index in [0.717, 1.165) is 16.7 Å². The number of carbonyl (C=O) groups excluding carboxylic acids is 23. The number of carboxylic acids is 3. The molecule has 828 valence electrons. The predicted octanol–water partition coefficient (Wildman–Crippen LogP) is -14.6. The number of nitrogens with one attached hydrogen (secondary N) is 22. The Morgan fingerprint density at radius 2 is 0.753 bits per heavy atom. The molecule has 1 aromatic heterocycles. The molecule has 62 nitrogen and oxygen atoms in total. The number of nitrogens with two attached hydrogens (primary N) is 7. The summed E-state index contributed by atoms with van der Waals surface area (Å²) in [6, 6.07) is -18.4. The molecule has 0 bridgehead atoms. The lowest BCUT2D eigenvalue weighted by molar-refractivity contribution is -0.148. The van der Waals surface area contributed by atoms with Crippen LogP contribution in [0.4, 0.5) is 0 Å². The molecule has 2 aliphatic heterocycles. The number of imidazole rings is 1. The number of primary amides is 4. The van der Waals surface area contributed by atoms with Crippen molar-refractivity contribution < 1.29 is 145 Å². The van der Waals surface area contributed by atoms with Gasteiger partial charge in [0.25, 0.3) is 0 Å². The van der Waals surface area contributed by atoms with Crippen LogP contribution in [0.25, 0.3) is 0 Å².